The SMILES string of the molecule is C=CCN(CCC)S(=O)(=O)c1ccc(CNC)c(Cl)c1. The van der Waals surface area contributed by atoms with Gasteiger partial charge in [0.05, 0.1) is 4.90 Å². The molecule has 4 nitrogen and oxygen atoms in total. The van der Waals surface area contributed by atoms with E-state index in [9.17, 15) is 8.42 Å². The minimum Gasteiger partial charge on any atom is -0.316 e. The summed E-state index contributed by atoms with van der Waals surface area (Å²) in [5, 5.41) is 3.44. The van der Waals surface area contributed by atoms with E-state index in [-0.39, 0.29) is 4.90 Å². The molecule has 0 saturated heterocycles. The highest BCUT2D eigenvalue weighted by Gasteiger charge is 2.23. The van der Waals surface area contributed by atoms with Crippen molar-refractivity contribution in [3.05, 3.63) is 41.4 Å². The van der Waals surface area contributed by atoms with E-state index in [0.717, 1.165) is 12.0 Å². The molecule has 0 heterocycles. The Kier molecular flexibility index (Phi) is 6.68. The van der Waals surface area contributed by atoms with E-state index in [2.05, 4.69) is 11.9 Å². The molecule has 0 aliphatic carbocycles. The number of sulfonamides is 1. The number of hydrogen-bond donors (Lipinski definition) is 1. The van der Waals surface area contributed by atoms with Crippen molar-refractivity contribution in [1.82, 2.24) is 9.62 Å². The van der Waals surface area contributed by atoms with Crippen LogP contribution in [0.4, 0.5) is 0 Å². The van der Waals surface area contributed by atoms with Gasteiger partial charge in [-0.2, -0.15) is 4.31 Å². The topological polar surface area (TPSA) is 49.4 Å². The van der Waals surface area contributed by atoms with E-state index in [1.54, 1.807) is 18.2 Å². The Balaban J connectivity index is 3.13. The zero-order valence-corrected chi connectivity index (χ0v) is 13.5. The van der Waals surface area contributed by atoms with Gasteiger partial charge in [-0.1, -0.05) is 30.7 Å². The summed E-state index contributed by atoms with van der Waals surface area (Å²) in [6.45, 7) is 6.91. The molecule has 1 N–H and O–H groups in total. The zero-order valence-electron chi connectivity index (χ0n) is 11.9. The summed E-state index contributed by atoms with van der Waals surface area (Å²) in [5.74, 6) is 0. The van der Waals surface area contributed by atoms with Crippen molar-refractivity contribution in [1.29, 1.82) is 0 Å². The normalized spacial score (nSPS) is 11.8. The summed E-state index contributed by atoms with van der Waals surface area (Å²) in [6.07, 6.45) is 2.34. The van der Waals surface area contributed by atoms with E-state index in [1.165, 1.54) is 10.4 Å². The third-order valence-electron chi connectivity index (χ3n) is 2.84. The Morgan fingerprint density at radius 3 is 2.65 bits per heavy atom. The number of nitrogens with one attached hydrogen (secondary N) is 1. The molecule has 0 saturated carbocycles. The molecule has 20 heavy (non-hydrogen) atoms. The van der Waals surface area contributed by atoms with Crippen LogP contribution >= 0.6 is 11.6 Å². The molecule has 0 radical (unpaired) electrons. The summed E-state index contributed by atoms with van der Waals surface area (Å²) >= 11 is 6.13. The summed E-state index contributed by atoms with van der Waals surface area (Å²) in [7, 11) is -1.71. The average Bonchev–Trinajstić information content (AvgIpc) is 2.41. The zero-order chi connectivity index (χ0) is 15.2. The predicted octanol–water partition coefficient (Wildman–Crippen LogP) is 2.65. The van der Waals surface area contributed by atoms with Crippen molar-refractivity contribution in [2.45, 2.75) is 24.8 Å². The third kappa shape index (κ3) is 4.06. The van der Waals surface area contributed by atoms with Crippen molar-refractivity contribution >= 4 is 21.6 Å². The molecule has 0 bridgehead atoms. The molecule has 1 rings (SSSR count). The second-order valence-corrected chi connectivity index (χ2v) is 6.78. The van der Waals surface area contributed by atoms with Crippen LogP contribution in [0, 0.1) is 0 Å². The van der Waals surface area contributed by atoms with E-state index < -0.39 is 10.0 Å². The number of hydrogen-bond acceptors (Lipinski definition) is 3. The van der Waals surface area contributed by atoms with Crippen LogP contribution in [0.3, 0.4) is 0 Å². The van der Waals surface area contributed by atoms with Crippen LogP contribution in [0.2, 0.25) is 5.02 Å². The van der Waals surface area contributed by atoms with Gasteiger partial charge in [0, 0.05) is 24.7 Å². The minimum atomic E-state index is -3.52. The Morgan fingerprint density at radius 1 is 1.45 bits per heavy atom. The van der Waals surface area contributed by atoms with Gasteiger partial charge >= 0.3 is 0 Å². The van der Waals surface area contributed by atoms with Crippen molar-refractivity contribution < 1.29 is 8.42 Å². The van der Waals surface area contributed by atoms with Crippen molar-refractivity contribution in [3.63, 3.8) is 0 Å². The summed E-state index contributed by atoms with van der Waals surface area (Å²) in [5.41, 5.74) is 0.874. The van der Waals surface area contributed by atoms with Crippen molar-refractivity contribution in [3.8, 4) is 0 Å². The van der Waals surface area contributed by atoms with Gasteiger partial charge in [-0.3, -0.25) is 0 Å². The molecule has 0 spiro atoms. The fourth-order valence-corrected chi connectivity index (χ4v) is 3.72. The fraction of sp³-hybridized carbons (Fsp3) is 0.429. The van der Waals surface area contributed by atoms with Crippen LogP contribution in [0.25, 0.3) is 0 Å². The lowest BCUT2D eigenvalue weighted by molar-refractivity contribution is 0.441. The molecule has 1 aromatic carbocycles. The Morgan fingerprint density at radius 2 is 2.15 bits per heavy atom. The summed E-state index contributed by atoms with van der Waals surface area (Å²) < 4.78 is 26.5. The Labute approximate surface area is 126 Å². The van der Waals surface area contributed by atoms with Crippen molar-refractivity contribution in [2.75, 3.05) is 20.1 Å². The molecule has 0 fully saturated rings. The highest BCUT2D eigenvalue weighted by Crippen LogP contribution is 2.23. The molecule has 0 unspecified atom stereocenters. The van der Waals surface area contributed by atoms with Crippen LogP contribution < -0.4 is 5.32 Å². The molecule has 0 aromatic heterocycles. The number of benzene rings is 1. The largest absolute Gasteiger partial charge is 0.316 e. The molecule has 112 valence electrons. The quantitative estimate of drug-likeness (QED) is 0.750. The first-order chi connectivity index (χ1) is 9.47. The highest BCUT2D eigenvalue weighted by molar-refractivity contribution is 7.89. The van der Waals surface area contributed by atoms with E-state index in [1.807, 2.05) is 14.0 Å². The summed E-state index contributed by atoms with van der Waals surface area (Å²) in [4.78, 5) is 0.220. The van der Waals surface area contributed by atoms with Gasteiger partial charge in [-0.25, -0.2) is 8.42 Å². The molecule has 1 aromatic rings. The third-order valence-corrected chi connectivity index (χ3v) is 5.05. The van der Waals surface area contributed by atoms with Gasteiger partial charge in [0.15, 0.2) is 0 Å². The maximum atomic E-state index is 12.5. The molecule has 0 amide bonds. The van der Waals surface area contributed by atoms with Crippen LogP contribution in [0.15, 0.2) is 35.7 Å². The first kappa shape index (κ1) is 17.2. The lowest BCUT2D eigenvalue weighted by Crippen LogP contribution is -2.32. The lowest BCUT2D eigenvalue weighted by atomic mass is 10.2. The van der Waals surface area contributed by atoms with Gasteiger partial charge in [-0.15, -0.1) is 6.58 Å². The highest BCUT2D eigenvalue weighted by atomic mass is 35.5. The average molecular weight is 317 g/mol. The predicted molar refractivity (Wildman–Crippen MR) is 83.5 cm³/mol. The molecule has 0 aliphatic heterocycles. The molecule has 0 atom stereocenters. The molecular weight excluding hydrogens is 296 g/mol. The first-order valence-electron chi connectivity index (χ1n) is 6.51. The molecular formula is C14H21ClN2O2S. The van der Waals surface area contributed by atoms with E-state index in [4.69, 9.17) is 11.6 Å². The summed E-state index contributed by atoms with van der Waals surface area (Å²) in [6, 6.07) is 4.85. The fourth-order valence-electron chi connectivity index (χ4n) is 1.87. The van der Waals surface area contributed by atoms with Gasteiger partial charge in [0.25, 0.3) is 0 Å². The van der Waals surface area contributed by atoms with Crippen LogP contribution in [0.5, 0.6) is 0 Å². The maximum absolute atomic E-state index is 12.5. The standard InChI is InChI=1S/C14H21ClN2O2S/c1-4-8-17(9-5-2)20(18,19)13-7-6-12(11-16-3)14(15)10-13/h4,6-7,10,16H,1,5,8-9,11H2,2-3H3. The second-order valence-electron chi connectivity index (χ2n) is 4.44. The van der Waals surface area contributed by atoms with Crippen LogP contribution in [-0.4, -0.2) is 32.9 Å². The molecule has 0 aliphatic rings. The minimum absolute atomic E-state index is 0.220. The van der Waals surface area contributed by atoms with Gasteiger partial charge in [0.2, 0.25) is 10.0 Å². The number of nitrogens with zero attached hydrogens (tertiary/aromatic N) is 1. The van der Waals surface area contributed by atoms with Gasteiger partial charge in [0.1, 0.15) is 0 Å². The van der Waals surface area contributed by atoms with Crippen LogP contribution in [-0.2, 0) is 16.6 Å². The van der Waals surface area contributed by atoms with Gasteiger partial charge < -0.3 is 5.32 Å². The maximum Gasteiger partial charge on any atom is 0.243 e. The number of rotatable bonds is 8. The van der Waals surface area contributed by atoms with E-state index >= 15 is 0 Å². The monoisotopic (exact) mass is 316 g/mol. The molecule has 6 heteroatoms. The van der Waals surface area contributed by atoms with Crippen LogP contribution in [0.1, 0.15) is 18.9 Å². The van der Waals surface area contributed by atoms with Gasteiger partial charge in [-0.05, 0) is 31.2 Å². The first-order valence-corrected chi connectivity index (χ1v) is 8.33. The Bertz CT molecular complexity index is 558. The Hall–Kier alpha value is -0.880. The van der Waals surface area contributed by atoms with Crippen molar-refractivity contribution in [2.24, 2.45) is 0 Å². The smallest absolute Gasteiger partial charge is 0.243 e. The second kappa shape index (κ2) is 7.78. The lowest BCUT2D eigenvalue weighted by Gasteiger charge is -2.20. The number of halogens is 1. The van der Waals surface area contributed by atoms with E-state index in [0.29, 0.717) is 24.7 Å².